The fraction of sp³-hybridized carbons (Fsp3) is 0.909. The molecule has 3 heteroatoms. The summed E-state index contributed by atoms with van der Waals surface area (Å²) in [6, 6.07) is 0. The van der Waals surface area contributed by atoms with E-state index in [2.05, 4.69) is 0 Å². The van der Waals surface area contributed by atoms with Crippen molar-refractivity contribution in [2.75, 3.05) is 13.7 Å². The Bertz CT molecular complexity index is 174. The van der Waals surface area contributed by atoms with Crippen LogP contribution in [-0.4, -0.2) is 19.6 Å². The molecule has 1 rings (SSSR count). The molecule has 0 bridgehead atoms. The maximum atomic E-state index is 11.5. The van der Waals surface area contributed by atoms with E-state index in [9.17, 15) is 4.79 Å². The molecule has 1 fully saturated rings. The van der Waals surface area contributed by atoms with Gasteiger partial charge in [0, 0.05) is 6.54 Å². The van der Waals surface area contributed by atoms with Gasteiger partial charge >= 0.3 is 5.97 Å². The molecule has 1 aliphatic rings. The smallest absolute Gasteiger partial charge is 0.310 e. The number of carbonyl (C=O) groups is 1. The largest absolute Gasteiger partial charge is 0.469 e. The summed E-state index contributed by atoms with van der Waals surface area (Å²) in [4.78, 5) is 11.5. The van der Waals surface area contributed by atoms with Gasteiger partial charge in [-0.1, -0.05) is 25.7 Å². The summed E-state index contributed by atoms with van der Waals surface area (Å²) < 4.78 is 4.78. The highest BCUT2D eigenvalue weighted by Crippen LogP contribution is 2.29. The maximum Gasteiger partial charge on any atom is 0.310 e. The quantitative estimate of drug-likeness (QED) is 0.556. The molecule has 1 unspecified atom stereocenters. The summed E-state index contributed by atoms with van der Waals surface area (Å²) in [6.45, 7) is 0.428. The third-order valence-corrected chi connectivity index (χ3v) is 3.23. The van der Waals surface area contributed by atoms with Crippen LogP contribution in [0.1, 0.15) is 38.5 Å². The Labute approximate surface area is 86.0 Å². The zero-order chi connectivity index (χ0) is 10.4. The molecule has 0 aromatic rings. The Morgan fingerprint density at radius 3 is 2.36 bits per heavy atom. The molecule has 82 valence electrons. The first kappa shape index (κ1) is 11.5. The predicted octanol–water partition coefficient (Wildman–Crippen LogP) is 1.70. The Kier molecular flexibility index (Phi) is 4.94. The molecule has 0 aliphatic heterocycles. The summed E-state index contributed by atoms with van der Waals surface area (Å²) in [6.07, 6.45) is 7.34. The van der Waals surface area contributed by atoms with Crippen LogP contribution in [-0.2, 0) is 9.53 Å². The first-order valence-electron chi connectivity index (χ1n) is 5.57. The van der Waals surface area contributed by atoms with Crippen LogP contribution in [0, 0.1) is 11.8 Å². The summed E-state index contributed by atoms with van der Waals surface area (Å²) in [5, 5.41) is 0. The Hall–Kier alpha value is -0.570. The van der Waals surface area contributed by atoms with E-state index < -0.39 is 0 Å². The van der Waals surface area contributed by atoms with Gasteiger partial charge in [-0.2, -0.15) is 0 Å². The number of carbonyl (C=O) groups excluding carboxylic acids is 1. The van der Waals surface area contributed by atoms with Crippen LogP contribution in [0.3, 0.4) is 0 Å². The van der Waals surface area contributed by atoms with Gasteiger partial charge in [0.1, 0.15) is 0 Å². The van der Waals surface area contributed by atoms with Crippen LogP contribution >= 0.6 is 0 Å². The highest BCUT2D eigenvalue weighted by Gasteiger charge is 2.28. The number of nitrogens with two attached hydrogens (primary N) is 1. The molecule has 1 atom stereocenters. The number of methoxy groups -OCH3 is 1. The topological polar surface area (TPSA) is 52.3 Å². The van der Waals surface area contributed by atoms with Gasteiger partial charge in [0.25, 0.3) is 0 Å². The van der Waals surface area contributed by atoms with Crippen LogP contribution < -0.4 is 5.73 Å². The summed E-state index contributed by atoms with van der Waals surface area (Å²) in [5.74, 6) is 0.257. The van der Waals surface area contributed by atoms with Crippen molar-refractivity contribution in [1.29, 1.82) is 0 Å². The fourth-order valence-corrected chi connectivity index (χ4v) is 2.35. The number of rotatable bonds is 3. The van der Waals surface area contributed by atoms with Crippen molar-refractivity contribution in [3.05, 3.63) is 0 Å². The minimum absolute atomic E-state index is 0.0712. The molecule has 2 N–H and O–H groups in total. The minimum atomic E-state index is -0.126. The zero-order valence-electron chi connectivity index (χ0n) is 9.00. The van der Waals surface area contributed by atoms with Crippen LogP contribution in [0.4, 0.5) is 0 Å². The molecule has 0 aromatic carbocycles. The van der Waals surface area contributed by atoms with E-state index in [1.807, 2.05) is 0 Å². The second-order valence-electron chi connectivity index (χ2n) is 4.12. The Morgan fingerprint density at radius 1 is 1.36 bits per heavy atom. The molecule has 0 spiro atoms. The van der Waals surface area contributed by atoms with E-state index in [1.54, 1.807) is 0 Å². The molecule has 0 amide bonds. The van der Waals surface area contributed by atoms with Gasteiger partial charge in [0.2, 0.25) is 0 Å². The molecular weight excluding hydrogens is 178 g/mol. The van der Waals surface area contributed by atoms with Crippen molar-refractivity contribution in [2.45, 2.75) is 38.5 Å². The lowest BCUT2D eigenvalue weighted by Gasteiger charge is -2.22. The average Bonchev–Trinajstić information content (AvgIpc) is 2.47. The molecule has 3 nitrogen and oxygen atoms in total. The van der Waals surface area contributed by atoms with Crippen molar-refractivity contribution in [3.8, 4) is 0 Å². The third kappa shape index (κ3) is 2.98. The summed E-state index contributed by atoms with van der Waals surface area (Å²) in [7, 11) is 1.45. The van der Waals surface area contributed by atoms with E-state index in [1.165, 1.54) is 32.8 Å². The second-order valence-corrected chi connectivity index (χ2v) is 4.12. The van der Waals surface area contributed by atoms with E-state index in [0.717, 1.165) is 12.8 Å². The van der Waals surface area contributed by atoms with Gasteiger partial charge in [0.15, 0.2) is 0 Å². The van der Waals surface area contributed by atoms with Gasteiger partial charge < -0.3 is 10.5 Å². The SMILES string of the molecule is COC(=O)C(CN)C1CCCCCC1. The lowest BCUT2D eigenvalue weighted by Crippen LogP contribution is -2.31. The van der Waals surface area contributed by atoms with E-state index in [4.69, 9.17) is 10.5 Å². The number of ether oxygens (including phenoxy) is 1. The van der Waals surface area contributed by atoms with E-state index >= 15 is 0 Å². The van der Waals surface area contributed by atoms with Gasteiger partial charge in [-0.15, -0.1) is 0 Å². The molecule has 1 aliphatic carbocycles. The summed E-state index contributed by atoms with van der Waals surface area (Å²) >= 11 is 0. The van der Waals surface area contributed by atoms with E-state index in [0.29, 0.717) is 12.5 Å². The number of hydrogen-bond acceptors (Lipinski definition) is 3. The number of esters is 1. The van der Waals surface area contributed by atoms with Gasteiger partial charge in [0.05, 0.1) is 13.0 Å². The molecule has 1 saturated carbocycles. The van der Waals surface area contributed by atoms with Crippen molar-refractivity contribution in [2.24, 2.45) is 17.6 Å². The molecule has 0 aromatic heterocycles. The Balaban J connectivity index is 2.52. The highest BCUT2D eigenvalue weighted by atomic mass is 16.5. The highest BCUT2D eigenvalue weighted by molar-refractivity contribution is 5.72. The van der Waals surface area contributed by atoms with Crippen molar-refractivity contribution in [3.63, 3.8) is 0 Å². The zero-order valence-corrected chi connectivity index (χ0v) is 9.00. The monoisotopic (exact) mass is 199 g/mol. The first-order chi connectivity index (χ1) is 6.79. The van der Waals surface area contributed by atoms with Crippen molar-refractivity contribution < 1.29 is 9.53 Å². The molecule has 0 radical (unpaired) electrons. The third-order valence-electron chi connectivity index (χ3n) is 3.23. The number of hydrogen-bond donors (Lipinski definition) is 1. The van der Waals surface area contributed by atoms with Crippen molar-refractivity contribution >= 4 is 5.97 Å². The Morgan fingerprint density at radius 2 is 1.93 bits per heavy atom. The molecular formula is C11H21NO2. The van der Waals surface area contributed by atoms with Gasteiger partial charge in [-0.05, 0) is 18.8 Å². The predicted molar refractivity (Wildman–Crippen MR) is 55.8 cm³/mol. The molecule has 14 heavy (non-hydrogen) atoms. The van der Waals surface area contributed by atoms with Crippen LogP contribution in [0.25, 0.3) is 0 Å². The van der Waals surface area contributed by atoms with Crippen molar-refractivity contribution in [1.82, 2.24) is 0 Å². The molecule has 0 heterocycles. The summed E-state index contributed by atoms with van der Waals surface area (Å²) in [5.41, 5.74) is 5.63. The second kappa shape index (κ2) is 6.02. The maximum absolute atomic E-state index is 11.5. The standard InChI is InChI=1S/C11H21NO2/c1-14-11(13)10(8-12)9-6-4-2-3-5-7-9/h9-10H,2-8,12H2,1H3. The van der Waals surface area contributed by atoms with Gasteiger partial charge in [-0.25, -0.2) is 0 Å². The van der Waals surface area contributed by atoms with Crippen LogP contribution in [0.5, 0.6) is 0 Å². The normalized spacial score (nSPS) is 21.3. The minimum Gasteiger partial charge on any atom is -0.469 e. The molecule has 0 saturated heterocycles. The fourth-order valence-electron chi connectivity index (χ4n) is 2.35. The lowest BCUT2D eigenvalue weighted by molar-refractivity contribution is -0.147. The van der Waals surface area contributed by atoms with Crippen LogP contribution in [0.15, 0.2) is 0 Å². The lowest BCUT2D eigenvalue weighted by atomic mass is 9.86. The average molecular weight is 199 g/mol. The van der Waals surface area contributed by atoms with E-state index in [-0.39, 0.29) is 11.9 Å². The van der Waals surface area contributed by atoms with Gasteiger partial charge in [-0.3, -0.25) is 4.79 Å². The first-order valence-corrected chi connectivity index (χ1v) is 5.57. The van der Waals surface area contributed by atoms with Crippen LogP contribution in [0.2, 0.25) is 0 Å².